The lowest BCUT2D eigenvalue weighted by molar-refractivity contribution is 0.0950. The molecule has 5 nitrogen and oxygen atoms in total. The Morgan fingerprint density at radius 2 is 2.07 bits per heavy atom. The Hall–Kier alpha value is -2.92. The van der Waals surface area contributed by atoms with Gasteiger partial charge in [0.05, 0.1) is 12.6 Å². The van der Waals surface area contributed by atoms with Gasteiger partial charge in [-0.3, -0.25) is 4.79 Å². The van der Waals surface area contributed by atoms with E-state index < -0.39 is 0 Å². The number of hydrogen-bond donors (Lipinski definition) is 1. The Morgan fingerprint density at radius 3 is 2.86 bits per heavy atom. The smallest absolute Gasteiger partial charge is 0.251 e. The average molecular weight is 389 g/mol. The molecular weight excluding hydrogens is 362 g/mol. The highest BCUT2D eigenvalue weighted by Crippen LogP contribution is 2.32. The number of para-hydroxylation sites is 1. The van der Waals surface area contributed by atoms with E-state index in [1.807, 2.05) is 48.5 Å². The lowest BCUT2D eigenvalue weighted by atomic mass is 10.0. The fourth-order valence-corrected chi connectivity index (χ4v) is 4.09. The third-order valence-corrected chi connectivity index (χ3v) is 5.75. The Labute approximate surface area is 171 Å². The second-order valence-electron chi connectivity index (χ2n) is 7.64. The molecule has 3 aromatic rings. The third-order valence-electron chi connectivity index (χ3n) is 5.75. The summed E-state index contributed by atoms with van der Waals surface area (Å²) < 4.78 is 5.52. The minimum Gasteiger partial charge on any atom is -0.481 e. The number of nitrogens with zero attached hydrogens (tertiary/aromatic N) is 2. The summed E-state index contributed by atoms with van der Waals surface area (Å²) in [6.45, 7) is 1.85. The normalized spacial score (nSPS) is 16.8. The molecule has 0 bridgehead atoms. The van der Waals surface area contributed by atoms with Gasteiger partial charge in [-0.05, 0) is 62.7 Å². The predicted molar refractivity (Wildman–Crippen MR) is 116 cm³/mol. The minimum atomic E-state index is -0.0415. The number of likely N-dealkylation sites (tertiary alicyclic amines) is 1. The van der Waals surface area contributed by atoms with E-state index in [0.29, 0.717) is 24.0 Å². The highest BCUT2D eigenvalue weighted by atomic mass is 16.5. The van der Waals surface area contributed by atoms with Crippen LogP contribution in [0.4, 0.5) is 0 Å². The molecule has 1 saturated heterocycles. The van der Waals surface area contributed by atoms with Crippen LogP contribution in [0.2, 0.25) is 0 Å². The summed E-state index contributed by atoms with van der Waals surface area (Å²) in [6, 6.07) is 18.2. The lowest BCUT2D eigenvalue weighted by Crippen LogP contribution is -2.31. The molecule has 0 unspecified atom stereocenters. The van der Waals surface area contributed by atoms with Crippen LogP contribution in [0, 0.1) is 0 Å². The second-order valence-corrected chi connectivity index (χ2v) is 7.64. The number of methoxy groups -OCH3 is 1. The number of rotatable bonds is 6. The molecule has 2 heterocycles. The van der Waals surface area contributed by atoms with E-state index in [1.54, 1.807) is 7.11 Å². The number of nitrogens with one attached hydrogen (secondary N) is 1. The molecule has 0 aliphatic carbocycles. The summed E-state index contributed by atoms with van der Waals surface area (Å²) >= 11 is 0. The molecule has 150 valence electrons. The van der Waals surface area contributed by atoms with Gasteiger partial charge in [-0.2, -0.15) is 0 Å². The monoisotopic (exact) mass is 389 g/mol. The number of aromatic nitrogens is 1. The zero-order valence-electron chi connectivity index (χ0n) is 17.0. The van der Waals surface area contributed by atoms with Crippen LogP contribution in [-0.2, 0) is 0 Å². The van der Waals surface area contributed by atoms with E-state index in [1.165, 1.54) is 12.8 Å². The predicted octanol–water partition coefficient (Wildman–Crippen LogP) is 4.12. The topological polar surface area (TPSA) is 54.5 Å². The minimum absolute atomic E-state index is 0.0415. The van der Waals surface area contributed by atoms with Crippen molar-refractivity contribution in [3.63, 3.8) is 0 Å². The van der Waals surface area contributed by atoms with Gasteiger partial charge in [0.25, 0.3) is 5.91 Å². The number of hydrogen-bond acceptors (Lipinski definition) is 4. The summed E-state index contributed by atoms with van der Waals surface area (Å²) in [5.74, 6) is 0.519. The van der Waals surface area contributed by atoms with Crippen LogP contribution in [0.25, 0.3) is 22.0 Å². The average Bonchev–Trinajstić information content (AvgIpc) is 3.17. The number of carbonyl (C=O) groups is 1. The quantitative estimate of drug-likeness (QED) is 0.689. The summed E-state index contributed by atoms with van der Waals surface area (Å²) in [5.41, 5.74) is 3.34. The van der Waals surface area contributed by atoms with Crippen LogP contribution in [0.5, 0.6) is 5.88 Å². The fourth-order valence-electron chi connectivity index (χ4n) is 4.09. The van der Waals surface area contributed by atoms with Gasteiger partial charge in [-0.1, -0.05) is 30.3 Å². The molecule has 29 heavy (non-hydrogen) atoms. The summed E-state index contributed by atoms with van der Waals surface area (Å²) in [6.07, 6.45) is 3.46. The third kappa shape index (κ3) is 4.25. The summed E-state index contributed by atoms with van der Waals surface area (Å²) in [4.78, 5) is 19.7. The molecule has 1 aliphatic heterocycles. The molecule has 0 radical (unpaired) electrons. The highest BCUT2D eigenvalue weighted by Gasteiger charge is 2.20. The maximum Gasteiger partial charge on any atom is 0.251 e. The van der Waals surface area contributed by atoms with E-state index in [2.05, 4.69) is 28.3 Å². The molecule has 0 spiro atoms. The first-order valence-electron chi connectivity index (χ1n) is 10.2. The largest absolute Gasteiger partial charge is 0.481 e. The summed E-state index contributed by atoms with van der Waals surface area (Å²) in [7, 11) is 3.78. The van der Waals surface area contributed by atoms with Gasteiger partial charge >= 0.3 is 0 Å². The number of amides is 1. The van der Waals surface area contributed by atoms with Crippen LogP contribution >= 0.6 is 0 Å². The van der Waals surface area contributed by atoms with Gasteiger partial charge in [0.2, 0.25) is 5.88 Å². The van der Waals surface area contributed by atoms with Gasteiger partial charge in [0.1, 0.15) is 0 Å². The van der Waals surface area contributed by atoms with Crippen molar-refractivity contribution in [2.24, 2.45) is 0 Å². The molecular formula is C24H27N3O2. The first-order valence-corrected chi connectivity index (χ1v) is 10.2. The maximum absolute atomic E-state index is 12.7. The van der Waals surface area contributed by atoms with Crippen molar-refractivity contribution in [3.8, 4) is 17.0 Å². The fraction of sp³-hybridized carbons (Fsp3) is 0.333. The molecule has 1 aliphatic rings. The van der Waals surface area contributed by atoms with Crippen molar-refractivity contribution in [1.29, 1.82) is 0 Å². The standard InChI is InChI=1S/C24H27N3O2/c1-27-14-6-10-20(27)12-13-25-23(28)19-9-5-8-17(15-19)21-16-18-7-3-4-11-22(18)26-24(21)29-2/h3-5,7-9,11,15-16,20H,6,10,12-14H2,1-2H3,(H,25,28)/t20-/m0/s1. The molecule has 1 amide bonds. The molecule has 0 saturated carbocycles. The van der Waals surface area contributed by atoms with E-state index in [9.17, 15) is 4.79 Å². The van der Waals surface area contributed by atoms with Gasteiger partial charge in [0, 0.05) is 29.1 Å². The van der Waals surface area contributed by atoms with E-state index >= 15 is 0 Å². The molecule has 1 N–H and O–H groups in total. The van der Waals surface area contributed by atoms with Crippen LogP contribution in [0.1, 0.15) is 29.6 Å². The molecule has 1 fully saturated rings. The zero-order valence-corrected chi connectivity index (χ0v) is 17.0. The number of carbonyl (C=O) groups excluding carboxylic acids is 1. The first-order chi connectivity index (χ1) is 14.2. The van der Waals surface area contributed by atoms with Crippen molar-refractivity contribution < 1.29 is 9.53 Å². The first kappa shape index (κ1) is 19.4. The van der Waals surface area contributed by atoms with Crippen molar-refractivity contribution in [3.05, 3.63) is 60.2 Å². The number of ether oxygens (including phenoxy) is 1. The Balaban J connectivity index is 1.52. The second kappa shape index (κ2) is 8.62. The van der Waals surface area contributed by atoms with Crippen molar-refractivity contribution in [1.82, 2.24) is 15.2 Å². The SMILES string of the molecule is COc1nc2ccccc2cc1-c1cccc(C(=O)NCC[C@@H]2CCCN2C)c1. The van der Waals surface area contributed by atoms with Gasteiger partial charge in [-0.25, -0.2) is 4.98 Å². The van der Waals surface area contributed by atoms with Crippen LogP contribution in [0.3, 0.4) is 0 Å². The molecule has 1 atom stereocenters. The van der Waals surface area contributed by atoms with E-state index in [0.717, 1.165) is 35.0 Å². The van der Waals surface area contributed by atoms with Crippen LogP contribution < -0.4 is 10.1 Å². The number of pyridine rings is 1. The number of benzene rings is 2. The maximum atomic E-state index is 12.7. The molecule has 1 aromatic heterocycles. The van der Waals surface area contributed by atoms with Crippen LogP contribution in [0.15, 0.2) is 54.6 Å². The van der Waals surface area contributed by atoms with Crippen molar-refractivity contribution >= 4 is 16.8 Å². The van der Waals surface area contributed by atoms with Gasteiger partial charge in [-0.15, -0.1) is 0 Å². The van der Waals surface area contributed by atoms with Crippen LogP contribution in [-0.4, -0.2) is 49.1 Å². The highest BCUT2D eigenvalue weighted by molar-refractivity contribution is 5.96. The van der Waals surface area contributed by atoms with E-state index in [-0.39, 0.29) is 5.91 Å². The summed E-state index contributed by atoms with van der Waals surface area (Å²) in [5, 5.41) is 4.11. The number of fused-ring (bicyclic) bond motifs is 1. The van der Waals surface area contributed by atoms with Crippen molar-refractivity contribution in [2.45, 2.75) is 25.3 Å². The molecule has 5 heteroatoms. The van der Waals surface area contributed by atoms with Gasteiger partial charge < -0.3 is 15.0 Å². The van der Waals surface area contributed by atoms with Crippen molar-refractivity contribution in [2.75, 3.05) is 27.2 Å². The van der Waals surface area contributed by atoms with E-state index in [4.69, 9.17) is 4.74 Å². The Kier molecular flexibility index (Phi) is 5.76. The lowest BCUT2D eigenvalue weighted by Gasteiger charge is -2.19. The molecule has 2 aromatic carbocycles. The Bertz CT molecular complexity index is 1020. The Morgan fingerprint density at radius 1 is 1.21 bits per heavy atom. The molecule has 4 rings (SSSR count). The zero-order chi connectivity index (χ0) is 20.2. The van der Waals surface area contributed by atoms with Gasteiger partial charge in [0.15, 0.2) is 0 Å².